The van der Waals surface area contributed by atoms with Gasteiger partial charge in [0.2, 0.25) is 0 Å². The van der Waals surface area contributed by atoms with Crippen LogP contribution in [-0.4, -0.2) is 89.2 Å². The van der Waals surface area contributed by atoms with Gasteiger partial charge in [-0.25, -0.2) is 0 Å². The number of benzene rings is 3. The van der Waals surface area contributed by atoms with E-state index in [0.29, 0.717) is 12.1 Å². The van der Waals surface area contributed by atoms with E-state index in [0.717, 1.165) is 51.3 Å². The van der Waals surface area contributed by atoms with E-state index in [1.807, 2.05) is 50.2 Å². The Hall–Kier alpha value is -2.98. The number of nitrogens with zero attached hydrogens (tertiary/aromatic N) is 2. The summed E-state index contributed by atoms with van der Waals surface area (Å²) in [6.45, 7) is 10.4. The van der Waals surface area contributed by atoms with Crippen molar-refractivity contribution < 1.29 is 25.2 Å². The quantitative estimate of drug-likeness (QED) is 0.222. The Bertz CT molecular complexity index is 1100. The molecule has 3 atom stereocenters. The Morgan fingerprint density at radius 1 is 0.732 bits per heavy atom. The number of hydrogen-bond donors (Lipinski definition) is 5. The minimum Gasteiger partial charge on any atom is -0.508 e. The number of ether oxygens (including phenoxy) is 1. The second-order valence-electron chi connectivity index (χ2n) is 10.9. The number of aliphatic hydroxyl groups excluding tert-OH is 2. The van der Waals surface area contributed by atoms with E-state index < -0.39 is 6.10 Å². The van der Waals surface area contributed by atoms with Gasteiger partial charge in [-0.3, -0.25) is 4.90 Å². The van der Waals surface area contributed by atoms with Crippen LogP contribution < -0.4 is 5.32 Å². The third-order valence-electron chi connectivity index (χ3n) is 7.28. The molecule has 1 fully saturated rings. The monoisotopic (exact) mass is 565 g/mol. The molecule has 3 unspecified atom stereocenters. The van der Waals surface area contributed by atoms with Crippen LogP contribution in [0.25, 0.3) is 0 Å². The highest BCUT2D eigenvalue weighted by atomic mass is 16.5. The number of methoxy groups -OCH3 is 1. The van der Waals surface area contributed by atoms with Gasteiger partial charge in [0.05, 0.1) is 18.3 Å². The molecular formula is C33H47N3O5. The average molecular weight is 566 g/mol. The zero-order valence-electron chi connectivity index (χ0n) is 24.6. The molecule has 8 heteroatoms. The normalized spacial score (nSPS) is 16.5. The van der Waals surface area contributed by atoms with Crippen LogP contribution in [0.3, 0.4) is 0 Å². The topological polar surface area (TPSA) is 109 Å². The molecule has 224 valence electrons. The number of rotatable bonds is 12. The van der Waals surface area contributed by atoms with Crippen LogP contribution in [-0.2, 0) is 4.74 Å². The molecule has 3 aromatic carbocycles. The largest absolute Gasteiger partial charge is 0.508 e. The molecule has 1 saturated heterocycles. The molecule has 1 aliphatic heterocycles. The van der Waals surface area contributed by atoms with Gasteiger partial charge in [0.15, 0.2) is 0 Å². The van der Waals surface area contributed by atoms with Crippen LogP contribution in [0.2, 0.25) is 0 Å². The lowest BCUT2D eigenvalue weighted by molar-refractivity contribution is 0.0387. The van der Waals surface area contributed by atoms with Crippen LogP contribution in [0.4, 0.5) is 0 Å². The molecule has 0 aliphatic carbocycles. The number of aromatic hydroxyl groups is 2. The minimum absolute atomic E-state index is 0.0476. The van der Waals surface area contributed by atoms with E-state index in [-0.39, 0.29) is 29.7 Å². The summed E-state index contributed by atoms with van der Waals surface area (Å²) >= 11 is 0. The number of phenolic OH excluding ortho intramolecular Hbond substituents is 2. The summed E-state index contributed by atoms with van der Waals surface area (Å²) in [7, 11) is 1.79. The molecule has 5 N–H and O–H groups in total. The second-order valence-corrected chi connectivity index (χ2v) is 10.9. The van der Waals surface area contributed by atoms with Gasteiger partial charge in [-0.05, 0) is 35.2 Å². The van der Waals surface area contributed by atoms with E-state index in [1.54, 1.807) is 7.11 Å². The molecule has 0 bridgehead atoms. The number of nitrogens with one attached hydrogen (secondary N) is 1. The lowest BCUT2D eigenvalue weighted by atomic mass is 10.1. The predicted molar refractivity (Wildman–Crippen MR) is 163 cm³/mol. The lowest BCUT2D eigenvalue weighted by Crippen LogP contribution is -2.47. The zero-order chi connectivity index (χ0) is 29.6. The molecular weight excluding hydrogens is 518 g/mol. The molecule has 1 aliphatic rings. The first-order chi connectivity index (χ1) is 19.7. The van der Waals surface area contributed by atoms with Gasteiger partial charge in [0, 0.05) is 65.0 Å². The van der Waals surface area contributed by atoms with Gasteiger partial charge in [-0.15, -0.1) is 0 Å². The van der Waals surface area contributed by atoms with Gasteiger partial charge in [0.25, 0.3) is 0 Å². The Morgan fingerprint density at radius 3 is 1.80 bits per heavy atom. The SMILES string of the molecule is CC(C)NCC(O)c1cc(O)cc(O)c1.COC(CN1CCN(CCC(O)c2ccccc2)CC1)c1ccccc1. The molecule has 4 rings (SSSR count). The van der Waals surface area contributed by atoms with Gasteiger partial charge in [-0.1, -0.05) is 74.5 Å². The molecule has 0 saturated carbocycles. The van der Waals surface area contributed by atoms with Gasteiger partial charge in [0.1, 0.15) is 11.5 Å². The van der Waals surface area contributed by atoms with E-state index in [2.05, 4.69) is 39.4 Å². The summed E-state index contributed by atoms with van der Waals surface area (Å²) in [4.78, 5) is 4.93. The zero-order valence-corrected chi connectivity index (χ0v) is 24.6. The highest BCUT2D eigenvalue weighted by Crippen LogP contribution is 2.24. The Labute approximate surface area is 244 Å². The smallest absolute Gasteiger partial charge is 0.119 e. The minimum atomic E-state index is -0.731. The Balaban J connectivity index is 0.000000263. The van der Waals surface area contributed by atoms with Crippen LogP contribution >= 0.6 is 0 Å². The summed E-state index contributed by atoms with van der Waals surface area (Å²) in [5, 5.41) is 41.6. The number of phenols is 2. The van der Waals surface area contributed by atoms with Crippen LogP contribution in [0.5, 0.6) is 11.5 Å². The summed E-state index contributed by atoms with van der Waals surface area (Å²) in [6.07, 6.45) is -0.187. The van der Waals surface area contributed by atoms with Crippen molar-refractivity contribution in [2.45, 2.75) is 44.6 Å². The molecule has 3 aromatic rings. The van der Waals surface area contributed by atoms with Gasteiger partial charge < -0.3 is 35.4 Å². The predicted octanol–water partition coefficient (Wildman–Crippen LogP) is 4.24. The van der Waals surface area contributed by atoms with E-state index in [1.165, 1.54) is 23.8 Å². The first-order valence-corrected chi connectivity index (χ1v) is 14.4. The van der Waals surface area contributed by atoms with E-state index >= 15 is 0 Å². The highest BCUT2D eigenvalue weighted by molar-refractivity contribution is 5.37. The molecule has 0 amide bonds. The maximum atomic E-state index is 10.3. The van der Waals surface area contributed by atoms with E-state index in [4.69, 9.17) is 4.74 Å². The maximum Gasteiger partial charge on any atom is 0.119 e. The summed E-state index contributed by atoms with van der Waals surface area (Å²) < 4.78 is 5.71. The lowest BCUT2D eigenvalue weighted by Gasteiger charge is -2.36. The van der Waals surface area contributed by atoms with Crippen LogP contribution in [0.1, 0.15) is 55.3 Å². The Kier molecular flexibility index (Phi) is 13.6. The number of hydrogen-bond acceptors (Lipinski definition) is 8. The van der Waals surface area contributed by atoms with Crippen molar-refractivity contribution in [3.05, 3.63) is 95.6 Å². The van der Waals surface area contributed by atoms with Crippen molar-refractivity contribution in [3.63, 3.8) is 0 Å². The highest BCUT2D eigenvalue weighted by Gasteiger charge is 2.21. The van der Waals surface area contributed by atoms with Crippen LogP contribution in [0.15, 0.2) is 78.9 Å². The third kappa shape index (κ3) is 11.4. The molecule has 0 spiro atoms. The van der Waals surface area contributed by atoms with Crippen molar-refractivity contribution in [3.8, 4) is 11.5 Å². The molecule has 0 radical (unpaired) electrons. The first-order valence-electron chi connectivity index (χ1n) is 14.4. The third-order valence-corrected chi connectivity index (χ3v) is 7.28. The Morgan fingerprint density at radius 2 is 1.27 bits per heavy atom. The first kappa shape index (κ1) is 32.5. The maximum absolute atomic E-state index is 10.3. The standard InChI is InChI=1S/C22H30N2O2.C11H17NO3/c1-26-22(20-10-6-3-7-11-20)18-24-16-14-23(15-17-24)13-12-21(25)19-8-4-2-5-9-19;1-7(2)12-6-11(15)8-3-9(13)5-10(14)4-8/h2-11,21-22,25H,12-18H2,1H3;3-5,7,11-15H,6H2,1-2H3. The number of piperazine rings is 1. The summed E-state index contributed by atoms with van der Waals surface area (Å²) in [5.74, 6) is -0.0952. The fourth-order valence-electron chi connectivity index (χ4n) is 4.84. The van der Waals surface area contributed by atoms with Crippen molar-refractivity contribution >= 4 is 0 Å². The van der Waals surface area contributed by atoms with Crippen molar-refractivity contribution in [2.24, 2.45) is 0 Å². The van der Waals surface area contributed by atoms with Crippen molar-refractivity contribution in [2.75, 3.05) is 52.9 Å². The van der Waals surface area contributed by atoms with Gasteiger partial charge >= 0.3 is 0 Å². The van der Waals surface area contributed by atoms with Crippen LogP contribution in [0, 0.1) is 0 Å². The van der Waals surface area contributed by atoms with E-state index in [9.17, 15) is 20.4 Å². The molecule has 41 heavy (non-hydrogen) atoms. The fourth-order valence-corrected chi connectivity index (χ4v) is 4.84. The fraction of sp³-hybridized carbons (Fsp3) is 0.455. The molecule has 1 heterocycles. The second kappa shape index (κ2) is 17.1. The summed E-state index contributed by atoms with van der Waals surface area (Å²) in [6, 6.07) is 24.8. The molecule has 0 aromatic heterocycles. The van der Waals surface area contributed by atoms with Crippen molar-refractivity contribution in [1.29, 1.82) is 0 Å². The molecule has 8 nitrogen and oxygen atoms in total. The average Bonchev–Trinajstić information content (AvgIpc) is 2.98. The van der Waals surface area contributed by atoms with Gasteiger partial charge in [-0.2, -0.15) is 0 Å². The number of aliphatic hydroxyl groups is 2. The summed E-state index contributed by atoms with van der Waals surface area (Å²) in [5.41, 5.74) is 2.75. The van der Waals surface area contributed by atoms with Crippen molar-refractivity contribution in [1.82, 2.24) is 15.1 Å².